The molecule has 0 aliphatic rings. The molecule has 2 N–H and O–H groups in total. The van der Waals surface area contributed by atoms with Gasteiger partial charge in [0.15, 0.2) is 6.79 Å². The van der Waals surface area contributed by atoms with Gasteiger partial charge in [0.25, 0.3) is 0 Å². The van der Waals surface area contributed by atoms with Gasteiger partial charge in [-0.25, -0.2) is 0 Å². The third-order valence-corrected chi connectivity index (χ3v) is 1.90. The Bertz CT molecular complexity index is 274. The summed E-state index contributed by atoms with van der Waals surface area (Å²) in [6.07, 6.45) is 0. The lowest BCUT2D eigenvalue weighted by Gasteiger charge is -2.09. The molecule has 0 fully saturated rings. The molecular weight excluding hydrogens is 178 g/mol. The first-order valence-corrected chi connectivity index (χ1v) is 4.80. The van der Waals surface area contributed by atoms with Crippen molar-refractivity contribution >= 4 is 0 Å². The fourth-order valence-electron chi connectivity index (χ4n) is 1.08. The molecule has 1 aromatic carbocycles. The number of hydrogen-bond donors (Lipinski definition) is 1. The van der Waals surface area contributed by atoms with E-state index in [0.29, 0.717) is 13.4 Å². The zero-order valence-electron chi connectivity index (χ0n) is 8.69. The fraction of sp³-hybridized carbons (Fsp3) is 0.455. The minimum absolute atomic E-state index is 0.0330. The summed E-state index contributed by atoms with van der Waals surface area (Å²) in [6.45, 7) is 4.83. The summed E-state index contributed by atoms with van der Waals surface area (Å²) in [6, 6.07) is 7.78. The van der Waals surface area contributed by atoms with Crippen LogP contribution in [0.5, 0.6) is 5.75 Å². The third kappa shape index (κ3) is 3.36. The molecule has 0 aromatic heterocycles. The van der Waals surface area contributed by atoms with Gasteiger partial charge in [-0.15, -0.1) is 0 Å². The molecule has 0 aliphatic carbocycles. The first-order valence-electron chi connectivity index (χ1n) is 4.80. The van der Waals surface area contributed by atoms with Crippen molar-refractivity contribution in [3.63, 3.8) is 0 Å². The molecule has 0 aliphatic heterocycles. The van der Waals surface area contributed by atoms with Crippen LogP contribution in [0.1, 0.15) is 25.5 Å². The van der Waals surface area contributed by atoms with Crippen LogP contribution in [0.15, 0.2) is 24.3 Å². The van der Waals surface area contributed by atoms with Crippen molar-refractivity contribution in [2.45, 2.75) is 19.9 Å². The summed E-state index contributed by atoms with van der Waals surface area (Å²) in [7, 11) is 0. The second kappa shape index (κ2) is 5.62. The highest BCUT2D eigenvalue weighted by molar-refractivity contribution is 5.29. The maximum absolute atomic E-state index is 5.75. The van der Waals surface area contributed by atoms with Gasteiger partial charge in [0.2, 0.25) is 0 Å². The van der Waals surface area contributed by atoms with Gasteiger partial charge in [-0.3, -0.25) is 0 Å². The van der Waals surface area contributed by atoms with Gasteiger partial charge in [-0.05, 0) is 31.5 Å². The van der Waals surface area contributed by atoms with Crippen LogP contribution in [0.3, 0.4) is 0 Å². The highest BCUT2D eigenvalue weighted by atomic mass is 16.7. The monoisotopic (exact) mass is 195 g/mol. The van der Waals surface area contributed by atoms with Gasteiger partial charge >= 0.3 is 0 Å². The Morgan fingerprint density at radius 1 is 1.43 bits per heavy atom. The van der Waals surface area contributed by atoms with E-state index < -0.39 is 0 Å². The smallest absolute Gasteiger partial charge is 0.189 e. The lowest BCUT2D eigenvalue weighted by atomic mass is 10.1. The van der Waals surface area contributed by atoms with Crippen LogP contribution in [-0.2, 0) is 4.74 Å². The van der Waals surface area contributed by atoms with E-state index in [-0.39, 0.29) is 6.04 Å². The van der Waals surface area contributed by atoms with Crippen LogP contribution in [0, 0.1) is 0 Å². The molecule has 78 valence electrons. The average molecular weight is 195 g/mol. The number of hydrogen-bond acceptors (Lipinski definition) is 3. The first-order chi connectivity index (χ1) is 6.74. The molecular formula is C11H17NO2. The maximum Gasteiger partial charge on any atom is 0.189 e. The van der Waals surface area contributed by atoms with Gasteiger partial charge in [0, 0.05) is 12.6 Å². The summed E-state index contributed by atoms with van der Waals surface area (Å²) in [5.41, 5.74) is 6.82. The Labute approximate surface area is 84.8 Å². The second-order valence-electron chi connectivity index (χ2n) is 3.12. The lowest BCUT2D eigenvalue weighted by Crippen LogP contribution is -2.06. The van der Waals surface area contributed by atoms with Crippen LogP contribution in [0.2, 0.25) is 0 Å². The second-order valence-corrected chi connectivity index (χ2v) is 3.12. The molecule has 1 aromatic rings. The van der Waals surface area contributed by atoms with Gasteiger partial charge in [-0.1, -0.05) is 12.1 Å². The van der Waals surface area contributed by atoms with Gasteiger partial charge in [0.1, 0.15) is 5.75 Å². The zero-order valence-corrected chi connectivity index (χ0v) is 8.69. The Balaban J connectivity index is 2.55. The third-order valence-electron chi connectivity index (χ3n) is 1.90. The standard InChI is InChI=1S/C11H17NO2/c1-3-13-8-14-11-6-4-5-10(7-11)9(2)12/h4-7,9H,3,8,12H2,1-2H3/t9-/m0/s1. The lowest BCUT2D eigenvalue weighted by molar-refractivity contribution is 0.0223. The topological polar surface area (TPSA) is 44.5 Å². The largest absolute Gasteiger partial charge is 0.468 e. The predicted octanol–water partition coefficient (Wildman–Crippen LogP) is 2.08. The number of nitrogens with two attached hydrogens (primary N) is 1. The summed E-state index contributed by atoms with van der Waals surface area (Å²) >= 11 is 0. The van der Waals surface area contributed by atoms with E-state index in [1.165, 1.54) is 0 Å². The fourth-order valence-corrected chi connectivity index (χ4v) is 1.08. The van der Waals surface area contributed by atoms with Crippen molar-refractivity contribution in [3.05, 3.63) is 29.8 Å². The van der Waals surface area contributed by atoms with E-state index in [1.807, 2.05) is 38.1 Å². The van der Waals surface area contributed by atoms with Gasteiger partial charge in [-0.2, -0.15) is 0 Å². The molecule has 0 bridgehead atoms. The Hall–Kier alpha value is -1.06. The van der Waals surface area contributed by atoms with Crippen LogP contribution in [0.25, 0.3) is 0 Å². The van der Waals surface area contributed by atoms with Crippen LogP contribution >= 0.6 is 0 Å². The average Bonchev–Trinajstić information content (AvgIpc) is 2.19. The van der Waals surface area contributed by atoms with E-state index >= 15 is 0 Å². The Morgan fingerprint density at radius 2 is 2.21 bits per heavy atom. The Morgan fingerprint density at radius 3 is 2.86 bits per heavy atom. The summed E-state index contributed by atoms with van der Waals surface area (Å²) in [5.74, 6) is 0.799. The quantitative estimate of drug-likeness (QED) is 0.578. The van der Waals surface area contributed by atoms with Crippen LogP contribution in [-0.4, -0.2) is 13.4 Å². The molecule has 0 heterocycles. The molecule has 0 radical (unpaired) electrons. The summed E-state index contributed by atoms with van der Waals surface area (Å²) in [4.78, 5) is 0. The highest BCUT2D eigenvalue weighted by Gasteiger charge is 2.00. The molecule has 14 heavy (non-hydrogen) atoms. The van der Waals surface area contributed by atoms with E-state index in [0.717, 1.165) is 11.3 Å². The molecule has 0 saturated heterocycles. The zero-order chi connectivity index (χ0) is 10.4. The van der Waals surface area contributed by atoms with Crippen LogP contribution < -0.4 is 10.5 Å². The first kappa shape index (κ1) is 11.0. The van der Waals surface area contributed by atoms with E-state index in [1.54, 1.807) is 0 Å². The minimum Gasteiger partial charge on any atom is -0.468 e. The van der Waals surface area contributed by atoms with Crippen LogP contribution in [0.4, 0.5) is 0 Å². The van der Waals surface area contributed by atoms with Crippen molar-refractivity contribution in [1.29, 1.82) is 0 Å². The predicted molar refractivity (Wildman–Crippen MR) is 56.2 cm³/mol. The van der Waals surface area contributed by atoms with Crippen molar-refractivity contribution in [3.8, 4) is 5.75 Å². The molecule has 1 atom stereocenters. The summed E-state index contributed by atoms with van der Waals surface area (Å²) < 4.78 is 10.4. The van der Waals surface area contributed by atoms with E-state index in [4.69, 9.17) is 15.2 Å². The molecule has 3 nitrogen and oxygen atoms in total. The van der Waals surface area contributed by atoms with E-state index in [2.05, 4.69) is 0 Å². The maximum atomic E-state index is 5.75. The molecule has 0 spiro atoms. The highest BCUT2D eigenvalue weighted by Crippen LogP contribution is 2.17. The van der Waals surface area contributed by atoms with Crippen molar-refractivity contribution in [2.24, 2.45) is 5.73 Å². The molecule has 0 amide bonds. The van der Waals surface area contributed by atoms with E-state index in [9.17, 15) is 0 Å². The van der Waals surface area contributed by atoms with Crippen molar-refractivity contribution in [2.75, 3.05) is 13.4 Å². The number of benzene rings is 1. The van der Waals surface area contributed by atoms with Crippen molar-refractivity contribution < 1.29 is 9.47 Å². The SMILES string of the molecule is CCOCOc1cccc([C@H](C)N)c1. The van der Waals surface area contributed by atoms with Gasteiger partial charge < -0.3 is 15.2 Å². The number of rotatable bonds is 5. The minimum atomic E-state index is 0.0330. The normalized spacial score (nSPS) is 12.5. The summed E-state index contributed by atoms with van der Waals surface area (Å²) in [5, 5.41) is 0. The molecule has 0 saturated carbocycles. The molecule has 0 unspecified atom stereocenters. The molecule has 1 rings (SSSR count). The Kier molecular flexibility index (Phi) is 4.43. The molecule has 3 heteroatoms. The van der Waals surface area contributed by atoms with Gasteiger partial charge in [0.05, 0.1) is 0 Å². The number of ether oxygens (including phenoxy) is 2. The van der Waals surface area contributed by atoms with Crippen molar-refractivity contribution in [1.82, 2.24) is 0 Å².